The lowest BCUT2D eigenvalue weighted by atomic mass is 9.99. The molecule has 1 unspecified atom stereocenters. The number of likely N-dealkylation sites (tertiary alicyclic amines) is 1. The summed E-state index contributed by atoms with van der Waals surface area (Å²) in [5.41, 5.74) is 4.01. The van der Waals surface area contributed by atoms with Crippen molar-refractivity contribution in [2.45, 2.75) is 18.9 Å². The average Bonchev–Trinajstić information content (AvgIpc) is 3.38. The van der Waals surface area contributed by atoms with Gasteiger partial charge >= 0.3 is 0 Å². The molecule has 0 saturated carbocycles. The van der Waals surface area contributed by atoms with Crippen molar-refractivity contribution in [1.29, 1.82) is 0 Å². The van der Waals surface area contributed by atoms with E-state index < -0.39 is 0 Å². The van der Waals surface area contributed by atoms with Gasteiger partial charge in [-0.05, 0) is 42.7 Å². The summed E-state index contributed by atoms with van der Waals surface area (Å²) in [5.74, 6) is 0.0941. The Morgan fingerprint density at radius 1 is 1.06 bits per heavy atom. The molecule has 176 valence electrons. The zero-order valence-electron chi connectivity index (χ0n) is 19.5. The number of halogens is 1. The van der Waals surface area contributed by atoms with Crippen LogP contribution >= 0.6 is 0 Å². The van der Waals surface area contributed by atoms with Gasteiger partial charge in [-0.15, -0.1) is 0 Å². The van der Waals surface area contributed by atoms with Gasteiger partial charge in [0.25, 0.3) is 5.91 Å². The molecule has 0 N–H and O–H groups in total. The van der Waals surface area contributed by atoms with E-state index in [1.54, 1.807) is 43.0 Å². The summed E-state index contributed by atoms with van der Waals surface area (Å²) < 4.78 is 14.0. The predicted molar refractivity (Wildman–Crippen MR) is 130 cm³/mol. The topological polar surface area (TPSA) is 88.0 Å². The molecular formula is C26H24FN7O. The molecule has 3 aromatic heterocycles. The van der Waals surface area contributed by atoms with Crippen molar-refractivity contribution in [2.24, 2.45) is 0 Å². The number of carbonyl (C=O) groups excluding carboxylic acids is 1. The number of carbonyl (C=O) groups is 1. The van der Waals surface area contributed by atoms with Crippen molar-refractivity contribution >= 4 is 11.9 Å². The van der Waals surface area contributed by atoms with Crippen LogP contribution in [0.5, 0.6) is 0 Å². The van der Waals surface area contributed by atoms with Gasteiger partial charge < -0.3 is 9.80 Å². The number of anilines is 1. The number of hydrogen-bond acceptors (Lipinski definition) is 7. The van der Waals surface area contributed by atoms with Crippen molar-refractivity contribution in [2.75, 3.05) is 25.5 Å². The van der Waals surface area contributed by atoms with Crippen LogP contribution in [0.25, 0.3) is 22.4 Å². The Bertz CT molecular complexity index is 1360. The van der Waals surface area contributed by atoms with E-state index in [0.29, 0.717) is 35.0 Å². The lowest BCUT2D eigenvalue weighted by Crippen LogP contribution is -2.31. The predicted octanol–water partition coefficient (Wildman–Crippen LogP) is 4.18. The first-order chi connectivity index (χ1) is 17.0. The van der Waals surface area contributed by atoms with Crippen molar-refractivity contribution in [1.82, 2.24) is 29.8 Å². The molecule has 4 heterocycles. The molecule has 35 heavy (non-hydrogen) atoms. The van der Waals surface area contributed by atoms with E-state index >= 15 is 0 Å². The lowest BCUT2D eigenvalue weighted by molar-refractivity contribution is 0.0733. The van der Waals surface area contributed by atoms with Crippen molar-refractivity contribution in [3.05, 3.63) is 84.6 Å². The van der Waals surface area contributed by atoms with E-state index in [0.717, 1.165) is 24.0 Å². The summed E-state index contributed by atoms with van der Waals surface area (Å²) in [6.07, 6.45) is 9.70. The Balaban J connectivity index is 1.53. The molecule has 1 aliphatic rings. The van der Waals surface area contributed by atoms with Crippen molar-refractivity contribution in [3.8, 4) is 22.4 Å². The molecule has 1 fully saturated rings. The molecule has 1 atom stereocenters. The van der Waals surface area contributed by atoms with Crippen LogP contribution in [0, 0.1) is 5.82 Å². The van der Waals surface area contributed by atoms with Gasteiger partial charge in [0.05, 0.1) is 17.4 Å². The molecule has 1 amide bonds. The summed E-state index contributed by atoms with van der Waals surface area (Å²) in [7, 11) is 3.73. The van der Waals surface area contributed by atoms with Crippen LogP contribution in [0.1, 0.15) is 34.9 Å². The zero-order chi connectivity index (χ0) is 24.4. The van der Waals surface area contributed by atoms with E-state index in [1.165, 1.54) is 18.5 Å². The molecule has 5 rings (SSSR count). The van der Waals surface area contributed by atoms with Gasteiger partial charge in [-0.3, -0.25) is 9.78 Å². The fraction of sp³-hybridized carbons (Fsp3) is 0.231. The summed E-state index contributed by atoms with van der Waals surface area (Å²) in [6, 6.07) is 9.58. The largest absolute Gasteiger partial charge is 0.347 e. The van der Waals surface area contributed by atoms with Gasteiger partial charge in [0.2, 0.25) is 5.95 Å². The first-order valence-electron chi connectivity index (χ1n) is 11.3. The maximum atomic E-state index is 14.0. The SMILES string of the molecule is CN(C)c1ncc(-c2cccc(F)c2)c(C2CCCN2C(=O)c2ccnc(-c3cncnc3)c2)n1. The molecule has 4 aromatic rings. The smallest absolute Gasteiger partial charge is 0.254 e. The van der Waals surface area contributed by atoms with Crippen molar-refractivity contribution < 1.29 is 9.18 Å². The summed E-state index contributed by atoms with van der Waals surface area (Å²) in [5, 5.41) is 0. The highest BCUT2D eigenvalue weighted by Crippen LogP contribution is 2.38. The summed E-state index contributed by atoms with van der Waals surface area (Å²) in [4.78, 5) is 39.1. The normalized spacial score (nSPS) is 15.3. The summed E-state index contributed by atoms with van der Waals surface area (Å²) in [6.45, 7) is 0.597. The minimum Gasteiger partial charge on any atom is -0.347 e. The lowest BCUT2D eigenvalue weighted by Gasteiger charge is -2.27. The van der Waals surface area contributed by atoms with Crippen LogP contribution in [0.3, 0.4) is 0 Å². The van der Waals surface area contributed by atoms with Gasteiger partial charge in [0, 0.05) is 62.1 Å². The standard InChI is InChI=1S/C26H24FN7O/c1-33(2)26-31-15-21(17-5-3-6-20(27)11-17)24(32-26)23-7-4-10-34(23)25(35)18-8-9-30-22(12-18)19-13-28-16-29-14-19/h3,5-6,8-9,11-16,23H,4,7,10H2,1-2H3. The molecule has 0 spiro atoms. The Kier molecular flexibility index (Phi) is 6.13. The first kappa shape index (κ1) is 22.5. The zero-order valence-corrected chi connectivity index (χ0v) is 19.5. The van der Waals surface area contributed by atoms with Crippen LogP contribution in [0.2, 0.25) is 0 Å². The highest BCUT2D eigenvalue weighted by Gasteiger charge is 2.34. The number of aromatic nitrogens is 5. The van der Waals surface area contributed by atoms with Crippen LogP contribution in [0.4, 0.5) is 10.3 Å². The maximum Gasteiger partial charge on any atom is 0.254 e. The maximum absolute atomic E-state index is 14.0. The fourth-order valence-electron chi connectivity index (χ4n) is 4.35. The van der Waals surface area contributed by atoms with Crippen LogP contribution in [-0.4, -0.2) is 56.4 Å². The third kappa shape index (κ3) is 4.57. The number of hydrogen-bond donors (Lipinski definition) is 0. The molecule has 1 aliphatic heterocycles. The van der Waals surface area contributed by atoms with Crippen LogP contribution in [-0.2, 0) is 0 Å². The molecule has 0 radical (unpaired) electrons. The molecule has 0 bridgehead atoms. The van der Waals surface area contributed by atoms with Crippen molar-refractivity contribution in [3.63, 3.8) is 0 Å². The van der Waals surface area contributed by atoms with E-state index in [1.807, 2.05) is 30.0 Å². The van der Waals surface area contributed by atoms with E-state index in [-0.39, 0.29) is 17.8 Å². The molecule has 8 nitrogen and oxygen atoms in total. The van der Waals surface area contributed by atoms with E-state index in [2.05, 4.69) is 19.9 Å². The van der Waals surface area contributed by atoms with E-state index in [4.69, 9.17) is 4.98 Å². The number of rotatable bonds is 5. The third-order valence-corrected chi connectivity index (χ3v) is 6.03. The van der Waals surface area contributed by atoms with Gasteiger partial charge in [0.1, 0.15) is 12.1 Å². The Hall–Kier alpha value is -4.27. The first-order valence-corrected chi connectivity index (χ1v) is 11.3. The second-order valence-corrected chi connectivity index (χ2v) is 8.59. The van der Waals surface area contributed by atoms with E-state index in [9.17, 15) is 9.18 Å². The minimum atomic E-state index is -0.335. The van der Waals surface area contributed by atoms with Gasteiger partial charge in [-0.25, -0.2) is 24.3 Å². The molecule has 1 aromatic carbocycles. The number of nitrogens with zero attached hydrogens (tertiary/aromatic N) is 7. The molecule has 9 heteroatoms. The Morgan fingerprint density at radius 2 is 1.89 bits per heavy atom. The highest BCUT2D eigenvalue weighted by molar-refractivity contribution is 5.95. The highest BCUT2D eigenvalue weighted by atomic mass is 19.1. The number of benzene rings is 1. The Labute approximate surface area is 202 Å². The number of amides is 1. The monoisotopic (exact) mass is 469 g/mol. The molecule has 0 aliphatic carbocycles. The van der Waals surface area contributed by atoms with Crippen LogP contribution in [0.15, 0.2) is 67.5 Å². The average molecular weight is 470 g/mol. The fourth-order valence-corrected chi connectivity index (χ4v) is 4.35. The minimum absolute atomic E-state index is 0.108. The molecule has 1 saturated heterocycles. The second-order valence-electron chi connectivity index (χ2n) is 8.59. The van der Waals surface area contributed by atoms with Crippen LogP contribution < -0.4 is 4.90 Å². The molecular weight excluding hydrogens is 445 g/mol. The van der Waals surface area contributed by atoms with Gasteiger partial charge in [-0.2, -0.15) is 0 Å². The number of pyridine rings is 1. The second kappa shape index (κ2) is 9.54. The Morgan fingerprint density at radius 3 is 2.66 bits per heavy atom. The quantitative estimate of drug-likeness (QED) is 0.433. The summed E-state index contributed by atoms with van der Waals surface area (Å²) >= 11 is 0. The van der Waals surface area contributed by atoms with Gasteiger partial charge in [0.15, 0.2) is 0 Å². The van der Waals surface area contributed by atoms with Gasteiger partial charge in [-0.1, -0.05) is 12.1 Å². The third-order valence-electron chi connectivity index (χ3n) is 6.03.